The second-order valence-electron chi connectivity index (χ2n) is 7.42. The Morgan fingerprint density at radius 1 is 1.14 bits per heavy atom. The highest BCUT2D eigenvalue weighted by molar-refractivity contribution is 5.85. The fraction of sp³-hybridized carbons (Fsp3) is 0.429. The van der Waals surface area contributed by atoms with Crippen LogP contribution in [0.15, 0.2) is 42.6 Å². The van der Waals surface area contributed by atoms with Gasteiger partial charge in [0, 0.05) is 38.1 Å². The Bertz CT molecular complexity index is 797. The number of hydrogen-bond acceptors (Lipinski definition) is 5. The van der Waals surface area contributed by atoms with E-state index >= 15 is 0 Å². The van der Waals surface area contributed by atoms with Gasteiger partial charge in [-0.05, 0) is 54.7 Å². The maximum Gasteiger partial charge on any atom is 0.234 e. The van der Waals surface area contributed by atoms with Crippen LogP contribution in [0.1, 0.15) is 30.0 Å². The molecule has 1 aliphatic carbocycles. The van der Waals surface area contributed by atoms with E-state index in [0.29, 0.717) is 6.54 Å². The van der Waals surface area contributed by atoms with Crippen LogP contribution in [0.3, 0.4) is 0 Å². The molecule has 0 saturated carbocycles. The minimum atomic E-state index is 0. The number of benzene rings is 1. The largest absolute Gasteiger partial charge is 0.399 e. The van der Waals surface area contributed by atoms with Gasteiger partial charge in [-0.25, -0.2) is 4.98 Å². The second-order valence-corrected chi connectivity index (χ2v) is 7.42. The number of piperazine rings is 1. The molecule has 6 nitrogen and oxygen atoms in total. The highest BCUT2D eigenvalue weighted by Crippen LogP contribution is 2.30. The molecule has 158 valence electrons. The highest BCUT2D eigenvalue weighted by Gasteiger charge is 2.24. The summed E-state index contributed by atoms with van der Waals surface area (Å²) in [4.78, 5) is 21.5. The molecule has 3 N–H and O–H groups in total. The number of aryl methyl sites for hydroxylation is 1. The van der Waals surface area contributed by atoms with Crippen molar-refractivity contribution in [1.82, 2.24) is 15.2 Å². The summed E-state index contributed by atoms with van der Waals surface area (Å²) in [5.74, 6) is 1.12. The minimum Gasteiger partial charge on any atom is -0.399 e. The lowest BCUT2D eigenvalue weighted by molar-refractivity contribution is -0.123. The molecule has 4 rings (SSSR count). The number of hydrogen-bond donors (Lipinski definition) is 2. The summed E-state index contributed by atoms with van der Waals surface area (Å²) in [6, 6.07) is 12.1. The number of fused-ring (bicyclic) bond motifs is 1. The van der Waals surface area contributed by atoms with Crippen molar-refractivity contribution in [2.24, 2.45) is 0 Å². The number of pyridine rings is 1. The summed E-state index contributed by atoms with van der Waals surface area (Å²) in [5, 5.41) is 3.24. The Labute approximate surface area is 184 Å². The molecule has 1 aromatic heterocycles. The van der Waals surface area contributed by atoms with Crippen LogP contribution in [-0.4, -0.2) is 48.5 Å². The van der Waals surface area contributed by atoms with Crippen LogP contribution in [0.25, 0.3) is 0 Å². The molecule has 2 aromatic rings. The number of anilines is 2. The summed E-state index contributed by atoms with van der Waals surface area (Å²) in [7, 11) is 0. The number of carbonyl (C=O) groups excluding carboxylic acids is 1. The molecular weight excluding hydrogens is 409 g/mol. The molecule has 0 bridgehead atoms. The van der Waals surface area contributed by atoms with Gasteiger partial charge in [-0.2, -0.15) is 0 Å². The van der Waals surface area contributed by atoms with Gasteiger partial charge in [-0.3, -0.25) is 9.69 Å². The number of aromatic nitrogens is 1. The van der Waals surface area contributed by atoms with Crippen LogP contribution >= 0.6 is 24.8 Å². The molecule has 1 saturated heterocycles. The molecule has 8 heteroatoms. The fourth-order valence-electron chi connectivity index (χ4n) is 4.10. The van der Waals surface area contributed by atoms with Crippen molar-refractivity contribution in [3.63, 3.8) is 0 Å². The Balaban J connectivity index is 0.00000150. The van der Waals surface area contributed by atoms with E-state index in [1.54, 1.807) is 0 Å². The molecule has 1 unspecified atom stereocenters. The SMILES string of the molecule is Cl.Cl.Nc1ccc2c(c1)CCCC2NC(=O)CN1CCN(c2ccccn2)CC1. The van der Waals surface area contributed by atoms with Gasteiger partial charge in [0.1, 0.15) is 5.82 Å². The Hall–Kier alpha value is -2.02. The van der Waals surface area contributed by atoms with E-state index in [9.17, 15) is 4.79 Å². The van der Waals surface area contributed by atoms with E-state index < -0.39 is 0 Å². The van der Waals surface area contributed by atoms with Crippen LogP contribution in [-0.2, 0) is 11.2 Å². The lowest BCUT2D eigenvalue weighted by Crippen LogP contribution is -2.50. The summed E-state index contributed by atoms with van der Waals surface area (Å²) < 4.78 is 0. The number of carbonyl (C=O) groups is 1. The average molecular weight is 438 g/mol. The first-order valence-corrected chi connectivity index (χ1v) is 9.75. The monoisotopic (exact) mass is 437 g/mol. The van der Waals surface area contributed by atoms with E-state index in [0.717, 1.165) is 56.9 Å². The van der Waals surface area contributed by atoms with Crippen LogP contribution < -0.4 is 16.0 Å². The van der Waals surface area contributed by atoms with Crippen LogP contribution in [0.2, 0.25) is 0 Å². The lowest BCUT2D eigenvalue weighted by atomic mass is 9.87. The van der Waals surface area contributed by atoms with Crippen LogP contribution in [0.5, 0.6) is 0 Å². The zero-order chi connectivity index (χ0) is 18.6. The van der Waals surface area contributed by atoms with Crippen molar-refractivity contribution < 1.29 is 4.79 Å². The molecule has 1 aliphatic heterocycles. The van der Waals surface area contributed by atoms with Gasteiger partial charge in [-0.15, -0.1) is 24.8 Å². The van der Waals surface area contributed by atoms with E-state index in [4.69, 9.17) is 5.73 Å². The Kier molecular flexibility index (Phi) is 8.56. The van der Waals surface area contributed by atoms with Gasteiger partial charge in [0.05, 0.1) is 12.6 Å². The molecule has 2 heterocycles. The normalized spacial score (nSPS) is 18.8. The molecule has 2 aliphatic rings. The van der Waals surface area contributed by atoms with E-state index in [1.807, 2.05) is 36.5 Å². The standard InChI is InChI=1S/C21H27N5O.2ClH/c22-17-7-8-18-16(14-17)4-3-5-19(18)24-21(27)15-25-10-12-26(13-11-25)20-6-1-2-9-23-20;;/h1-2,6-9,14,19H,3-5,10-13,15,22H2,(H,24,27);2*1H. The van der Waals surface area contributed by atoms with Crippen molar-refractivity contribution >= 4 is 42.2 Å². The third kappa shape index (κ3) is 5.75. The molecule has 1 aromatic carbocycles. The summed E-state index contributed by atoms with van der Waals surface area (Å²) in [6.45, 7) is 4.01. The summed E-state index contributed by atoms with van der Waals surface area (Å²) in [6.07, 6.45) is 4.95. The number of nitrogen functional groups attached to an aromatic ring is 1. The zero-order valence-electron chi connectivity index (χ0n) is 16.4. The molecule has 1 atom stereocenters. The minimum absolute atomic E-state index is 0. The average Bonchev–Trinajstić information content (AvgIpc) is 2.69. The van der Waals surface area contributed by atoms with Gasteiger partial charge >= 0.3 is 0 Å². The Morgan fingerprint density at radius 3 is 2.66 bits per heavy atom. The molecule has 29 heavy (non-hydrogen) atoms. The number of nitrogens with zero attached hydrogens (tertiary/aromatic N) is 3. The maximum absolute atomic E-state index is 12.6. The number of nitrogens with two attached hydrogens (primary N) is 1. The van der Waals surface area contributed by atoms with Crippen molar-refractivity contribution in [1.29, 1.82) is 0 Å². The predicted molar refractivity (Wildman–Crippen MR) is 122 cm³/mol. The van der Waals surface area contributed by atoms with Crippen molar-refractivity contribution in [2.75, 3.05) is 43.4 Å². The molecule has 1 amide bonds. The van der Waals surface area contributed by atoms with Crippen molar-refractivity contribution in [3.05, 3.63) is 53.7 Å². The van der Waals surface area contributed by atoms with Gasteiger partial charge in [-0.1, -0.05) is 12.1 Å². The number of rotatable bonds is 4. The van der Waals surface area contributed by atoms with E-state index in [2.05, 4.69) is 26.2 Å². The van der Waals surface area contributed by atoms with E-state index in [-0.39, 0.29) is 36.8 Å². The van der Waals surface area contributed by atoms with Gasteiger partial charge < -0.3 is 16.0 Å². The zero-order valence-corrected chi connectivity index (χ0v) is 18.1. The highest BCUT2D eigenvalue weighted by atomic mass is 35.5. The first-order valence-electron chi connectivity index (χ1n) is 9.75. The molecular formula is C21H29Cl2N5O. The van der Waals surface area contributed by atoms with Gasteiger partial charge in [0.2, 0.25) is 5.91 Å². The number of nitrogens with one attached hydrogen (secondary N) is 1. The predicted octanol–water partition coefficient (Wildman–Crippen LogP) is 2.82. The third-order valence-electron chi connectivity index (χ3n) is 5.53. The maximum atomic E-state index is 12.6. The Morgan fingerprint density at radius 2 is 1.93 bits per heavy atom. The van der Waals surface area contributed by atoms with Crippen LogP contribution in [0.4, 0.5) is 11.5 Å². The number of amides is 1. The fourth-order valence-corrected chi connectivity index (χ4v) is 4.10. The second kappa shape index (κ2) is 10.7. The van der Waals surface area contributed by atoms with Crippen molar-refractivity contribution in [3.8, 4) is 0 Å². The number of halogens is 2. The molecule has 0 radical (unpaired) electrons. The first kappa shape index (κ1) is 23.3. The lowest BCUT2D eigenvalue weighted by Gasteiger charge is -2.35. The third-order valence-corrected chi connectivity index (χ3v) is 5.53. The summed E-state index contributed by atoms with van der Waals surface area (Å²) >= 11 is 0. The molecule has 1 fully saturated rings. The molecule has 0 spiro atoms. The van der Waals surface area contributed by atoms with Gasteiger partial charge in [0.15, 0.2) is 0 Å². The first-order chi connectivity index (χ1) is 13.2. The smallest absolute Gasteiger partial charge is 0.234 e. The van der Waals surface area contributed by atoms with Crippen molar-refractivity contribution in [2.45, 2.75) is 25.3 Å². The van der Waals surface area contributed by atoms with E-state index in [1.165, 1.54) is 11.1 Å². The topological polar surface area (TPSA) is 74.5 Å². The summed E-state index contributed by atoms with van der Waals surface area (Å²) in [5.41, 5.74) is 9.20. The van der Waals surface area contributed by atoms with Gasteiger partial charge in [0.25, 0.3) is 0 Å². The quantitative estimate of drug-likeness (QED) is 0.719. The van der Waals surface area contributed by atoms with Crippen LogP contribution in [0, 0.1) is 0 Å².